The van der Waals surface area contributed by atoms with Gasteiger partial charge in [-0.3, -0.25) is 4.57 Å². The fourth-order valence-electron chi connectivity index (χ4n) is 7.66. The maximum absolute atomic E-state index is 4.64. The van der Waals surface area contributed by atoms with Crippen LogP contribution < -0.4 is 4.90 Å². The minimum atomic E-state index is 0.806. The van der Waals surface area contributed by atoms with Gasteiger partial charge in [-0.15, -0.1) is 10.2 Å². The SMILES string of the molecule is c1ccc(-c2nnc(-c3ccccc3)n2-c2ccc(-c3ccc(N(c4ccccc4)c4ccc(-n5c6ccccc6c6ccccc65)cc4)cc3)cc2)cc1. The number of benzene rings is 8. The molecule has 55 heavy (non-hydrogen) atoms. The van der Waals surface area contributed by atoms with Crippen LogP contribution in [-0.4, -0.2) is 19.3 Å². The lowest BCUT2D eigenvalue weighted by Gasteiger charge is -2.26. The number of hydrogen-bond acceptors (Lipinski definition) is 3. The van der Waals surface area contributed by atoms with Crippen LogP contribution >= 0.6 is 0 Å². The summed E-state index contributed by atoms with van der Waals surface area (Å²) in [4.78, 5) is 2.31. The van der Waals surface area contributed by atoms with Gasteiger partial charge in [0.1, 0.15) is 0 Å². The predicted molar refractivity (Wildman–Crippen MR) is 227 cm³/mol. The van der Waals surface area contributed by atoms with E-state index in [9.17, 15) is 0 Å². The smallest absolute Gasteiger partial charge is 0.168 e. The molecule has 0 aliphatic carbocycles. The summed E-state index contributed by atoms with van der Waals surface area (Å²) in [7, 11) is 0. The third-order valence-electron chi connectivity index (χ3n) is 10.3. The quantitative estimate of drug-likeness (QED) is 0.158. The Bertz CT molecular complexity index is 2770. The molecule has 0 fully saturated rings. The second kappa shape index (κ2) is 13.8. The Hall–Kier alpha value is -7.50. The van der Waals surface area contributed by atoms with Crippen LogP contribution in [0.3, 0.4) is 0 Å². The van der Waals surface area contributed by atoms with Crippen LogP contribution in [0.2, 0.25) is 0 Å². The van der Waals surface area contributed by atoms with Crippen molar-refractivity contribution in [3.05, 3.63) is 212 Å². The zero-order valence-corrected chi connectivity index (χ0v) is 29.9. The van der Waals surface area contributed by atoms with Gasteiger partial charge in [-0.2, -0.15) is 0 Å². The summed E-state index contributed by atoms with van der Waals surface area (Å²) in [6, 6.07) is 74.7. The van der Waals surface area contributed by atoms with Gasteiger partial charge in [0.05, 0.1) is 11.0 Å². The zero-order valence-electron chi connectivity index (χ0n) is 29.9. The largest absolute Gasteiger partial charge is 0.311 e. The highest BCUT2D eigenvalue weighted by Gasteiger charge is 2.18. The average molecular weight is 706 g/mol. The van der Waals surface area contributed by atoms with Crippen molar-refractivity contribution in [1.29, 1.82) is 0 Å². The molecule has 0 amide bonds. The van der Waals surface area contributed by atoms with Gasteiger partial charge in [-0.1, -0.05) is 140 Å². The molecule has 0 N–H and O–H groups in total. The number of aromatic nitrogens is 4. The fraction of sp³-hybridized carbons (Fsp3) is 0. The molecule has 2 heterocycles. The molecule has 0 aliphatic rings. The molecule has 0 aliphatic heterocycles. The lowest BCUT2D eigenvalue weighted by Crippen LogP contribution is -2.10. The number of anilines is 3. The molecular weight excluding hydrogens is 671 g/mol. The van der Waals surface area contributed by atoms with Crippen LogP contribution in [-0.2, 0) is 0 Å². The predicted octanol–water partition coefficient (Wildman–Crippen LogP) is 12.8. The van der Waals surface area contributed by atoms with E-state index in [0.29, 0.717) is 0 Å². The first-order valence-corrected chi connectivity index (χ1v) is 18.5. The summed E-state index contributed by atoms with van der Waals surface area (Å²) in [5.41, 5.74) is 12.1. The first-order chi connectivity index (χ1) is 27.3. The number of fused-ring (bicyclic) bond motifs is 3. The van der Waals surface area contributed by atoms with Crippen molar-refractivity contribution >= 4 is 38.9 Å². The molecule has 10 aromatic rings. The van der Waals surface area contributed by atoms with E-state index in [-0.39, 0.29) is 0 Å². The number of para-hydroxylation sites is 3. The van der Waals surface area contributed by atoms with Gasteiger partial charge in [0.15, 0.2) is 11.6 Å². The minimum absolute atomic E-state index is 0.806. The normalized spacial score (nSPS) is 11.3. The Balaban J connectivity index is 0.982. The monoisotopic (exact) mass is 705 g/mol. The molecule has 2 aromatic heterocycles. The maximum atomic E-state index is 4.64. The van der Waals surface area contributed by atoms with Crippen LogP contribution in [0.4, 0.5) is 17.1 Å². The van der Waals surface area contributed by atoms with E-state index in [0.717, 1.165) is 62.3 Å². The van der Waals surface area contributed by atoms with Crippen molar-refractivity contribution in [3.63, 3.8) is 0 Å². The van der Waals surface area contributed by atoms with E-state index in [1.54, 1.807) is 0 Å². The zero-order chi connectivity index (χ0) is 36.6. The van der Waals surface area contributed by atoms with Crippen molar-refractivity contribution in [2.24, 2.45) is 0 Å². The second-order valence-electron chi connectivity index (χ2n) is 13.6. The molecule has 0 saturated heterocycles. The van der Waals surface area contributed by atoms with E-state index in [4.69, 9.17) is 0 Å². The fourth-order valence-corrected chi connectivity index (χ4v) is 7.66. The average Bonchev–Trinajstić information content (AvgIpc) is 3.86. The van der Waals surface area contributed by atoms with Gasteiger partial charge >= 0.3 is 0 Å². The molecule has 0 spiro atoms. The third kappa shape index (κ3) is 5.85. The van der Waals surface area contributed by atoms with Crippen molar-refractivity contribution in [3.8, 4) is 45.3 Å². The van der Waals surface area contributed by atoms with Gasteiger partial charge in [0.25, 0.3) is 0 Å². The number of nitrogens with zero attached hydrogens (tertiary/aromatic N) is 5. The van der Waals surface area contributed by atoms with Crippen LogP contribution in [0.1, 0.15) is 0 Å². The molecule has 5 heteroatoms. The molecule has 10 rings (SSSR count). The molecule has 5 nitrogen and oxygen atoms in total. The third-order valence-corrected chi connectivity index (χ3v) is 10.3. The van der Waals surface area contributed by atoms with E-state index in [1.807, 2.05) is 36.4 Å². The van der Waals surface area contributed by atoms with Gasteiger partial charge in [-0.25, -0.2) is 0 Å². The van der Waals surface area contributed by atoms with E-state index < -0.39 is 0 Å². The van der Waals surface area contributed by atoms with E-state index >= 15 is 0 Å². The summed E-state index contributed by atoms with van der Waals surface area (Å²) in [6.07, 6.45) is 0. The van der Waals surface area contributed by atoms with Gasteiger partial charge in [0, 0.05) is 50.3 Å². The maximum Gasteiger partial charge on any atom is 0.168 e. The van der Waals surface area contributed by atoms with E-state index in [2.05, 4.69) is 200 Å². The van der Waals surface area contributed by atoms with Crippen LogP contribution in [0.25, 0.3) is 67.1 Å². The minimum Gasteiger partial charge on any atom is -0.311 e. The molecular formula is C50H35N5. The highest BCUT2D eigenvalue weighted by Crippen LogP contribution is 2.38. The Morgan fingerprint density at radius 3 is 1.16 bits per heavy atom. The Morgan fingerprint density at radius 2 is 0.655 bits per heavy atom. The first kappa shape index (κ1) is 32.2. The van der Waals surface area contributed by atoms with Gasteiger partial charge < -0.3 is 9.47 Å². The van der Waals surface area contributed by atoms with Crippen LogP contribution in [0.15, 0.2) is 212 Å². The van der Waals surface area contributed by atoms with Crippen molar-refractivity contribution < 1.29 is 0 Å². The van der Waals surface area contributed by atoms with Gasteiger partial charge in [-0.05, 0) is 83.9 Å². The van der Waals surface area contributed by atoms with Crippen molar-refractivity contribution in [2.45, 2.75) is 0 Å². The Morgan fingerprint density at radius 1 is 0.291 bits per heavy atom. The Labute approximate surface area is 319 Å². The van der Waals surface area contributed by atoms with Crippen molar-refractivity contribution in [2.75, 3.05) is 4.90 Å². The topological polar surface area (TPSA) is 38.9 Å². The molecule has 260 valence electrons. The summed E-state index contributed by atoms with van der Waals surface area (Å²) < 4.78 is 4.50. The highest BCUT2D eigenvalue weighted by molar-refractivity contribution is 6.09. The van der Waals surface area contributed by atoms with Crippen LogP contribution in [0, 0.1) is 0 Å². The summed E-state index contributed by atoms with van der Waals surface area (Å²) in [5.74, 6) is 1.61. The summed E-state index contributed by atoms with van der Waals surface area (Å²) >= 11 is 0. The molecule has 8 aromatic carbocycles. The first-order valence-electron chi connectivity index (χ1n) is 18.5. The molecule has 0 unspecified atom stereocenters. The molecule has 0 saturated carbocycles. The van der Waals surface area contributed by atoms with E-state index in [1.165, 1.54) is 21.8 Å². The lowest BCUT2D eigenvalue weighted by atomic mass is 10.0. The summed E-state index contributed by atoms with van der Waals surface area (Å²) in [6.45, 7) is 0. The second-order valence-corrected chi connectivity index (χ2v) is 13.6. The number of hydrogen-bond donors (Lipinski definition) is 0. The van der Waals surface area contributed by atoms with Crippen LogP contribution in [0.5, 0.6) is 0 Å². The lowest BCUT2D eigenvalue weighted by molar-refractivity contribution is 1.07. The molecule has 0 radical (unpaired) electrons. The van der Waals surface area contributed by atoms with Crippen molar-refractivity contribution in [1.82, 2.24) is 19.3 Å². The molecule has 0 bridgehead atoms. The van der Waals surface area contributed by atoms with Gasteiger partial charge in [0.2, 0.25) is 0 Å². The molecule has 0 atom stereocenters. The Kier molecular flexibility index (Phi) is 8.08. The highest BCUT2D eigenvalue weighted by atomic mass is 15.3. The summed E-state index contributed by atoms with van der Waals surface area (Å²) in [5, 5.41) is 11.8. The number of rotatable bonds is 8. The standard InChI is InChI=1S/C50H35N5/c1-4-14-38(15-5-1)49-51-52-50(39-16-6-2-7-17-39)55(49)44-30-26-37(27-31-44)36-24-28-41(29-25-36)53(40-18-8-3-9-19-40)42-32-34-43(35-33-42)54-47-22-12-10-20-45(47)46-21-11-13-23-48(46)54/h1-35H.